The van der Waals surface area contributed by atoms with Gasteiger partial charge in [0.1, 0.15) is 5.76 Å². The molecule has 0 aliphatic carbocycles. The van der Waals surface area contributed by atoms with Crippen LogP contribution in [0.3, 0.4) is 0 Å². The van der Waals surface area contributed by atoms with Crippen molar-refractivity contribution in [2.24, 2.45) is 5.73 Å². The summed E-state index contributed by atoms with van der Waals surface area (Å²) in [6.07, 6.45) is 1.70. The van der Waals surface area contributed by atoms with Gasteiger partial charge in [0.25, 0.3) is 5.91 Å². The maximum Gasteiger partial charge on any atom is 0.291 e. The Kier molecular flexibility index (Phi) is 2.77. The molecule has 6 nitrogen and oxygen atoms in total. The standard InChI is InChI=1S/C13H12N4O2/c14-6-10-2-4-12(19-10)13(18)16-9-1-3-11-8(5-9)7-15-17-11/h1-5,7H,6,14H2,(H,15,17)(H,16,18). The normalized spacial score (nSPS) is 10.8. The Hall–Kier alpha value is -2.60. The van der Waals surface area contributed by atoms with Crippen LogP contribution < -0.4 is 11.1 Å². The number of aromatic nitrogens is 2. The molecule has 3 rings (SSSR count). The summed E-state index contributed by atoms with van der Waals surface area (Å²) in [7, 11) is 0. The molecular weight excluding hydrogens is 244 g/mol. The quantitative estimate of drug-likeness (QED) is 0.666. The van der Waals surface area contributed by atoms with Crippen LogP contribution in [0.2, 0.25) is 0 Å². The minimum Gasteiger partial charge on any atom is -0.455 e. The number of carbonyl (C=O) groups excluding carboxylic acids is 1. The summed E-state index contributed by atoms with van der Waals surface area (Å²) in [6.45, 7) is 0.272. The third-order valence-corrected chi connectivity index (χ3v) is 2.78. The van der Waals surface area contributed by atoms with Gasteiger partial charge in [0.05, 0.1) is 18.3 Å². The van der Waals surface area contributed by atoms with Crippen LogP contribution in [0.25, 0.3) is 10.9 Å². The van der Waals surface area contributed by atoms with Crippen LogP contribution in [-0.2, 0) is 6.54 Å². The number of furan rings is 1. The minimum atomic E-state index is -0.303. The van der Waals surface area contributed by atoms with Crippen LogP contribution in [0, 0.1) is 0 Å². The van der Waals surface area contributed by atoms with E-state index in [1.165, 1.54) is 0 Å². The van der Waals surface area contributed by atoms with Gasteiger partial charge in [-0.1, -0.05) is 0 Å². The molecule has 2 aromatic heterocycles. The highest BCUT2D eigenvalue weighted by molar-refractivity contribution is 6.03. The van der Waals surface area contributed by atoms with E-state index < -0.39 is 0 Å². The monoisotopic (exact) mass is 256 g/mol. The number of carbonyl (C=O) groups is 1. The zero-order valence-corrected chi connectivity index (χ0v) is 10.0. The molecule has 0 bridgehead atoms. The van der Waals surface area contributed by atoms with Crippen molar-refractivity contribution in [1.29, 1.82) is 0 Å². The predicted molar refractivity (Wildman–Crippen MR) is 70.6 cm³/mol. The summed E-state index contributed by atoms with van der Waals surface area (Å²) < 4.78 is 5.28. The average Bonchev–Trinajstić information content (AvgIpc) is 3.06. The van der Waals surface area contributed by atoms with Gasteiger partial charge >= 0.3 is 0 Å². The van der Waals surface area contributed by atoms with Crippen LogP contribution in [-0.4, -0.2) is 16.1 Å². The number of benzene rings is 1. The maximum atomic E-state index is 11.9. The SMILES string of the molecule is NCc1ccc(C(=O)Nc2ccc3[nH]ncc3c2)o1. The summed E-state index contributed by atoms with van der Waals surface area (Å²) in [4.78, 5) is 11.9. The number of aromatic amines is 1. The molecular formula is C13H12N4O2. The van der Waals surface area contributed by atoms with E-state index >= 15 is 0 Å². The lowest BCUT2D eigenvalue weighted by atomic mass is 10.2. The van der Waals surface area contributed by atoms with Crippen molar-refractivity contribution >= 4 is 22.5 Å². The Balaban J connectivity index is 1.81. The zero-order chi connectivity index (χ0) is 13.2. The molecule has 0 unspecified atom stereocenters. The lowest BCUT2D eigenvalue weighted by molar-refractivity contribution is 0.0995. The van der Waals surface area contributed by atoms with Crippen LogP contribution in [0.4, 0.5) is 5.69 Å². The van der Waals surface area contributed by atoms with Crippen molar-refractivity contribution < 1.29 is 9.21 Å². The molecule has 1 aromatic carbocycles. The third kappa shape index (κ3) is 2.21. The smallest absolute Gasteiger partial charge is 0.291 e. The highest BCUT2D eigenvalue weighted by atomic mass is 16.4. The van der Waals surface area contributed by atoms with Gasteiger partial charge in [-0.15, -0.1) is 0 Å². The lowest BCUT2D eigenvalue weighted by Gasteiger charge is -2.03. The fourth-order valence-corrected chi connectivity index (χ4v) is 1.82. The summed E-state index contributed by atoms with van der Waals surface area (Å²) >= 11 is 0. The lowest BCUT2D eigenvalue weighted by Crippen LogP contribution is -2.10. The second-order valence-electron chi connectivity index (χ2n) is 4.10. The van der Waals surface area contributed by atoms with Crippen LogP contribution in [0.5, 0.6) is 0 Å². The van der Waals surface area contributed by atoms with E-state index in [1.807, 2.05) is 12.1 Å². The third-order valence-electron chi connectivity index (χ3n) is 2.78. The molecule has 19 heavy (non-hydrogen) atoms. The van der Waals surface area contributed by atoms with Gasteiger partial charge in [0.15, 0.2) is 5.76 Å². The molecule has 2 heterocycles. The van der Waals surface area contributed by atoms with Gasteiger partial charge in [-0.3, -0.25) is 9.89 Å². The molecule has 0 atom stereocenters. The topological polar surface area (TPSA) is 96.9 Å². The van der Waals surface area contributed by atoms with E-state index in [1.54, 1.807) is 24.4 Å². The molecule has 0 fully saturated rings. The van der Waals surface area contributed by atoms with Crippen LogP contribution >= 0.6 is 0 Å². The van der Waals surface area contributed by atoms with E-state index in [-0.39, 0.29) is 18.2 Å². The van der Waals surface area contributed by atoms with Crippen molar-refractivity contribution in [3.63, 3.8) is 0 Å². The maximum absolute atomic E-state index is 11.9. The first-order valence-electron chi connectivity index (χ1n) is 5.79. The van der Waals surface area contributed by atoms with Crippen molar-refractivity contribution in [2.45, 2.75) is 6.54 Å². The van der Waals surface area contributed by atoms with Crippen molar-refractivity contribution in [3.8, 4) is 0 Å². The van der Waals surface area contributed by atoms with Crippen molar-refractivity contribution in [3.05, 3.63) is 48.0 Å². The predicted octanol–water partition coefficient (Wildman–Crippen LogP) is 1.87. The summed E-state index contributed by atoms with van der Waals surface area (Å²) in [5.74, 6) is 0.519. The van der Waals surface area contributed by atoms with Gasteiger partial charge < -0.3 is 15.5 Å². The number of nitrogens with two attached hydrogens (primary N) is 1. The van der Waals surface area contributed by atoms with E-state index in [4.69, 9.17) is 10.2 Å². The summed E-state index contributed by atoms with van der Waals surface area (Å²) in [6, 6.07) is 8.78. The molecule has 1 amide bonds. The molecule has 0 aliphatic rings. The summed E-state index contributed by atoms with van der Waals surface area (Å²) in [5, 5.41) is 10.5. The zero-order valence-electron chi connectivity index (χ0n) is 10.0. The molecule has 0 radical (unpaired) electrons. The minimum absolute atomic E-state index is 0.243. The Morgan fingerprint density at radius 2 is 2.26 bits per heavy atom. The number of hydrogen-bond acceptors (Lipinski definition) is 4. The molecule has 0 saturated carbocycles. The highest BCUT2D eigenvalue weighted by Crippen LogP contribution is 2.18. The first-order valence-corrected chi connectivity index (χ1v) is 5.79. The second-order valence-corrected chi connectivity index (χ2v) is 4.10. The number of hydrogen-bond donors (Lipinski definition) is 3. The van der Waals surface area contributed by atoms with Crippen LogP contribution in [0.15, 0.2) is 40.9 Å². The summed E-state index contributed by atoms with van der Waals surface area (Å²) in [5.41, 5.74) is 7.03. The highest BCUT2D eigenvalue weighted by Gasteiger charge is 2.11. The number of fused-ring (bicyclic) bond motifs is 1. The molecule has 3 aromatic rings. The molecule has 4 N–H and O–H groups in total. The number of nitrogens with zero attached hydrogens (tertiary/aromatic N) is 1. The van der Waals surface area contributed by atoms with Crippen molar-refractivity contribution in [2.75, 3.05) is 5.32 Å². The molecule has 6 heteroatoms. The Morgan fingerprint density at radius 1 is 1.37 bits per heavy atom. The number of anilines is 1. The van der Waals surface area contributed by atoms with E-state index in [2.05, 4.69) is 15.5 Å². The van der Waals surface area contributed by atoms with Gasteiger partial charge in [-0.2, -0.15) is 5.10 Å². The molecule has 0 aliphatic heterocycles. The van der Waals surface area contributed by atoms with Crippen molar-refractivity contribution in [1.82, 2.24) is 10.2 Å². The Morgan fingerprint density at radius 3 is 3.05 bits per heavy atom. The molecule has 0 saturated heterocycles. The van der Waals surface area contributed by atoms with Crippen LogP contribution in [0.1, 0.15) is 16.3 Å². The van der Waals surface area contributed by atoms with E-state index in [0.29, 0.717) is 11.4 Å². The fourth-order valence-electron chi connectivity index (χ4n) is 1.82. The first kappa shape index (κ1) is 11.5. The molecule has 96 valence electrons. The van der Waals surface area contributed by atoms with Gasteiger partial charge in [-0.05, 0) is 30.3 Å². The average molecular weight is 256 g/mol. The number of H-pyrrole nitrogens is 1. The number of rotatable bonds is 3. The fraction of sp³-hybridized carbons (Fsp3) is 0.0769. The second kappa shape index (κ2) is 4.58. The van der Waals surface area contributed by atoms with Gasteiger partial charge in [0, 0.05) is 11.1 Å². The first-order chi connectivity index (χ1) is 9.26. The molecule has 0 spiro atoms. The van der Waals surface area contributed by atoms with Gasteiger partial charge in [0.2, 0.25) is 0 Å². The van der Waals surface area contributed by atoms with E-state index in [0.717, 1.165) is 10.9 Å². The van der Waals surface area contributed by atoms with E-state index in [9.17, 15) is 4.79 Å². The Labute approximate surface area is 108 Å². The Bertz CT molecular complexity index is 729. The largest absolute Gasteiger partial charge is 0.455 e. The number of amides is 1. The van der Waals surface area contributed by atoms with Gasteiger partial charge in [-0.25, -0.2) is 0 Å². The number of nitrogens with one attached hydrogen (secondary N) is 2.